The molecule has 0 aliphatic rings. The van der Waals surface area contributed by atoms with Gasteiger partial charge in [-0.15, -0.1) is 13.2 Å². The molecule has 11 heteroatoms. The lowest BCUT2D eigenvalue weighted by Crippen LogP contribution is -2.22. The van der Waals surface area contributed by atoms with Crippen LogP contribution in [0, 0.1) is 0 Å². The summed E-state index contributed by atoms with van der Waals surface area (Å²) in [4.78, 5) is 21.1. The number of halogens is 3. The van der Waals surface area contributed by atoms with Gasteiger partial charge in [-0.1, -0.05) is 18.2 Å². The van der Waals surface area contributed by atoms with Gasteiger partial charge in [0.05, 0.1) is 12.3 Å². The third-order valence-corrected chi connectivity index (χ3v) is 4.13. The first-order valence-corrected chi connectivity index (χ1v) is 9.42. The zero-order valence-electron chi connectivity index (χ0n) is 16.8. The Labute approximate surface area is 181 Å². The number of benzene rings is 2. The Bertz CT molecular complexity index is 1110. The maximum Gasteiger partial charge on any atom is 0.573 e. The summed E-state index contributed by atoms with van der Waals surface area (Å²) in [7, 11) is 0. The summed E-state index contributed by atoms with van der Waals surface area (Å²) in [6.45, 7) is 1.46. The van der Waals surface area contributed by atoms with Crippen molar-refractivity contribution >= 4 is 23.4 Å². The van der Waals surface area contributed by atoms with Crippen LogP contribution in [0.15, 0.2) is 54.6 Å². The van der Waals surface area contributed by atoms with Gasteiger partial charge in [0.25, 0.3) is 5.91 Å². The second kappa shape index (κ2) is 9.52. The zero-order chi connectivity index (χ0) is 23.3. The molecule has 32 heavy (non-hydrogen) atoms. The molecule has 5 N–H and O–H groups in total. The van der Waals surface area contributed by atoms with Crippen molar-refractivity contribution in [3.63, 3.8) is 0 Å². The van der Waals surface area contributed by atoms with Gasteiger partial charge in [0.2, 0.25) is 5.95 Å². The SMILES string of the molecule is C[C@@H](CO)Nc1nc(NC(=O)c2cccc(N)c2)cc(-c2cccc(OC(F)(F)F)c2)n1. The molecular weight excluding hydrogens is 427 g/mol. The lowest BCUT2D eigenvalue weighted by atomic mass is 10.1. The van der Waals surface area contributed by atoms with Gasteiger partial charge in [-0.05, 0) is 37.3 Å². The van der Waals surface area contributed by atoms with Crippen molar-refractivity contribution in [3.05, 3.63) is 60.2 Å². The molecule has 168 valence electrons. The van der Waals surface area contributed by atoms with Crippen molar-refractivity contribution < 1.29 is 27.8 Å². The van der Waals surface area contributed by atoms with E-state index in [2.05, 4.69) is 25.3 Å². The molecule has 2 aromatic carbocycles. The van der Waals surface area contributed by atoms with E-state index in [0.29, 0.717) is 16.8 Å². The fourth-order valence-corrected chi connectivity index (χ4v) is 2.71. The van der Waals surface area contributed by atoms with Crippen molar-refractivity contribution in [1.82, 2.24) is 9.97 Å². The fourth-order valence-electron chi connectivity index (χ4n) is 2.71. The predicted molar refractivity (Wildman–Crippen MR) is 113 cm³/mol. The van der Waals surface area contributed by atoms with Gasteiger partial charge in [0.15, 0.2) is 0 Å². The quantitative estimate of drug-likeness (QED) is 0.408. The molecular formula is C21H20F3N5O3. The first-order valence-electron chi connectivity index (χ1n) is 9.42. The van der Waals surface area contributed by atoms with E-state index in [0.717, 1.165) is 6.07 Å². The topological polar surface area (TPSA) is 122 Å². The number of hydrogen-bond acceptors (Lipinski definition) is 7. The summed E-state index contributed by atoms with van der Waals surface area (Å²) in [5, 5.41) is 14.8. The van der Waals surface area contributed by atoms with Crippen LogP contribution in [-0.2, 0) is 0 Å². The number of nitrogen functional groups attached to an aromatic ring is 1. The Kier molecular flexibility index (Phi) is 6.79. The van der Waals surface area contributed by atoms with Gasteiger partial charge in [-0.25, -0.2) is 4.98 Å². The molecule has 0 radical (unpaired) electrons. The minimum atomic E-state index is -4.84. The molecule has 1 amide bonds. The van der Waals surface area contributed by atoms with E-state index in [-0.39, 0.29) is 24.1 Å². The lowest BCUT2D eigenvalue weighted by Gasteiger charge is -2.15. The van der Waals surface area contributed by atoms with Gasteiger partial charge in [-0.3, -0.25) is 4.79 Å². The Morgan fingerprint density at radius 3 is 2.59 bits per heavy atom. The number of alkyl halides is 3. The van der Waals surface area contributed by atoms with Crippen molar-refractivity contribution in [1.29, 1.82) is 0 Å². The number of anilines is 3. The smallest absolute Gasteiger partial charge is 0.406 e. The molecule has 0 aliphatic carbocycles. The standard InChI is InChI=1S/C21H20F3N5O3/c1-12(11-30)26-20-27-17(13-4-3-7-16(9-13)32-21(22,23)24)10-18(29-20)28-19(31)14-5-2-6-15(25)8-14/h2-10,12,30H,11,25H2,1H3,(H2,26,27,28,29,31)/t12-/m0/s1. The second-order valence-electron chi connectivity index (χ2n) is 6.85. The first kappa shape index (κ1) is 22.8. The molecule has 0 saturated carbocycles. The van der Waals surface area contributed by atoms with Crippen LogP contribution in [0.4, 0.5) is 30.6 Å². The largest absolute Gasteiger partial charge is 0.573 e. The minimum Gasteiger partial charge on any atom is -0.406 e. The number of nitrogens with two attached hydrogens (primary N) is 1. The Balaban J connectivity index is 1.96. The summed E-state index contributed by atoms with van der Waals surface area (Å²) in [6.07, 6.45) is -4.84. The van der Waals surface area contributed by atoms with Crippen LogP contribution in [0.25, 0.3) is 11.3 Å². The van der Waals surface area contributed by atoms with Gasteiger partial charge >= 0.3 is 6.36 Å². The monoisotopic (exact) mass is 447 g/mol. The summed E-state index contributed by atoms with van der Waals surface area (Å²) >= 11 is 0. The third-order valence-electron chi connectivity index (χ3n) is 4.13. The van der Waals surface area contributed by atoms with Crippen molar-refractivity contribution in [2.24, 2.45) is 0 Å². The highest BCUT2D eigenvalue weighted by Gasteiger charge is 2.31. The van der Waals surface area contributed by atoms with E-state index in [1.54, 1.807) is 25.1 Å². The molecule has 0 fully saturated rings. The van der Waals surface area contributed by atoms with Crippen LogP contribution in [0.1, 0.15) is 17.3 Å². The van der Waals surface area contributed by atoms with E-state index in [4.69, 9.17) is 5.73 Å². The Hall–Kier alpha value is -3.86. The molecule has 0 bridgehead atoms. The number of nitrogens with one attached hydrogen (secondary N) is 2. The number of nitrogens with zero attached hydrogens (tertiary/aromatic N) is 2. The maximum atomic E-state index is 12.6. The highest BCUT2D eigenvalue weighted by molar-refractivity contribution is 6.04. The van der Waals surface area contributed by atoms with Gasteiger partial charge in [0, 0.05) is 28.9 Å². The average Bonchev–Trinajstić information content (AvgIpc) is 2.72. The molecule has 1 atom stereocenters. The van der Waals surface area contributed by atoms with Crippen molar-refractivity contribution in [3.8, 4) is 17.0 Å². The Morgan fingerprint density at radius 2 is 1.91 bits per heavy atom. The highest BCUT2D eigenvalue weighted by atomic mass is 19.4. The van der Waals surface area contributed by atoms with E-state index < -0.39 is 24.1 Å². The third kappa shape index (κ3) is 6.32. The normalized spacial score (nSPS) is 12.2. The number of hydrogen-bond donors (Lipinski definition) is 4. The summed E-state index contributed by atoms with van der Waals surface area (Å²) in [5.74, 6) is -0.749. The molecule has 0 saturated heterocycles. The second-order valence-corrected chi connectivity index (χ2v) is 6.85. The average molecular weight is 447 g/mol. The number of amides is 1. The molecule has 0 spiro atoms. The van der Waals surface area contributed by atoms with Crippen molar-refractivity contribution in [2.45, 2.75) is 19.3 Å². The summed E-state index contributed by atoms with van der Waals surface area (Å²) < 4.78 is 41.7. The fraction of sp³-hybridized carbons (Fsp3) is 0.190. The number of ether oxygens (including phenoxy) is 1. The molecule has 8 nitrogen and oxygen atoms in total. The van der Waals surface area contributed by atoms with E-state index in [9.17, 15) is 23.1 Å². The number of carbonyl (C=O) groups excluding carboxylic acids is 1. The molecule has 3 aromatic rings. The zero-order valence-corrected chi connectivity index (χ0v) is 16.8. The molecule has 1 aromatic heterocycles. The lowest BCUT2D eigenvalue weighted by molar-refractivity contribution is -0.274. The highest BCUT2D eigenvalue weighted by Crippen LogP contribution is 2.29. The number of aromatic nitrogens is 2. The van der Waals surface area contributed by atoms with Crippen LogP contribution in [-0.4, -0.2) is 40.0 Å². The first-order chi connectivity index (χ1) is 15.1. The summed E-state index contributed by atoms with van der Waals surface area (Å²) in [6, 6.07) is 12.5. The molecule has 0 unspecified atom stereocenters. The van der Waals surface area contributed by atoms with Gasteiger partial charge in [0.1, 0.15) is 11.6 Å². The Morgan fingerprint density at radius 1 is 1.16 bits per heavy atom. The van der Waals surface area contributed by atoms with Gasteiger partial charge in [-0.2, -0.15) is 4.98 Å². The maximum absolute atomic E-state index is 12.6. The number of aliphatic hydroxyl groups excluding tert-OH is 1. The van der Waals surface area contributed by atoms with Crippen LogP contribution < -0.4 is 21.1 Å². The number of carbonyl (C=O) groups is 1. The van der Waals surface area contributed by atoms with Crippen LogP contribution >= 0.6 is 0 Å². The van der Waals surface area contributed by atoms with Crippen LogP contribution in [0.3, 0.4) is 0 Å². The summed E-state index contributed by atoms with van der Waals surface area (Å²) in [5.41, 5.74) is 6.93. The van der Waals surface area contributed by atoms with E-state index in [1.807, 2.05) is 0 Å². The number of rotatable bonds is 7. The minimum absolute atomic E-state index is 0.0640. The van der Waals surface area contributed by atoms with Gasteiger partial charge < -0.3 is 26.2 Å². The van der Waals surface area contributed by atoms with Crippen molar-refractivity contribution in [2.75, 3.05) is 23.0 Å². The molecule has 1 heterocycles. The van der Waals surface area contributed by atoms with E-state index >= 15 is 0 Å². The molecule has 0 aliphatic heterocycles. The number of aliphatic hydroxyl groups is 1. The van der Waals surface area contributed by atoms with E-state index in [1.165, 1.54) is 30.3 Å². The predicted octanol–water partition coefficient (Wildman–Crippen LogP) is 3.67. The van der Waals surface area contributed by atoms with Crippen LogP contribution in [0.5, 0.6) is 5.75 Å². The van der Waals surface area contributed by atoms with Crippen LogP contribution in [0.2, 0.25) is 0 Å². The molecule has 3 rings (SSSR count).